The van der Waals surface area contributed by atoms with Crippen LogP contribution >= 0.6 is 11.6 Å². The topological polar surface area (TPSA) is 50.4 Å². The third-order valence-electron chi connectivity index (χ3n) is 2.10. The van der Waals surface area contributed by atoms with Crippen molar-refractivity contribution in [2.75, 3.05) is 18.5 Å². The van der Waals surface area contributed by atoms with Crippen molar-refractivity contribution in [3.63, 3.8) is 0 Å². The van der Waals surface area contributed by atoms with E-state index in [1.165, 1.54) is 0 Å². The highest BCUT2D eigenvalue weighted by molar-refractivity contribution is 6.33. The van der Waals surface area contributed by atoms with E-state index in [0.29, 0.717) is 23.9 Å². The maximum atomic E-state index is 11.4. The summed E-state index contributed by atoms with van der Waals surface area (Å²) >= 11 is 5.89. The molecule has 0 aliphatic carbocycles. The van der Waals surface area contributed by atoms with Crippen molar-refractivity contribution in [3.05, 3.63) is 29.3 Å². The predicted octanol–water partition coefficient (Wildman–Crippen LogP) is 1.86. The number of carbonyl (C=O) groups excluding carboxylic acids is 1. The van der Waals surface area contributed by atoms with Crippen molar-refractivity contribution in [1.29, 1.82) is 0 Å². The van der Waals surface area contributed by atoms with E-state index in [0.717, 1.165) is 0 Å². The van der Waals surface area contributed by atoms with Crippen LogP contribution in [0.5, 0.6) is 0 Å². The molecule has 5 heteroatoms. The molecule has 2 rings (SSSR count). The quantitative estimate of drug-likeness (QED) is 0.809. The molecule has 15 heavy (non-hydrogen) atoms. The summed E-state index contributed by atoms with van der Waals surface area (Å²) in [5.41, 5.74) is 0.608. The first-order valence-electron chi connectivity index (χ1n) is 4.65. The zero-order chi connectivity index (χ0) is 10.7. The van der Waals surface area contributed by atoms with Gasteiger partial charge in [0.15, 0.2) is 0 Å². The Morgan fingerprint density at radius 3 is 2.73 bits per heavy atom. The molecule has 0 saturated carbocycles. The van der Waals surface area contributed by atoms with Gasteiger partial charge >= 0.3 is 6.03 Å². The highest BCUT2D eigenvalue weighted by Gasteiger charge is 2.20. The van der Waals surface area contributed by atoms with Crippen LogP contribution in [0.15, 0.2) is 24.3 Å². The molecule has 0 unspecified atom stereocenters. The Morgan fingerprint density at radius 2 is 2.13 bits per heavy atom. The third kappa shape index (κ3) is 2.61. The zero-order valence-electron chi connectivity index (χ0n) is 8.00. The maximum Gasteiger partial charge on any atom is 0.319 e. The van der Waals surface area contributed by atoms with Crippen molar-refractivity contribution in [1.82, 2.24) is 5.32 Å². The van der Waals surface area contributed by atoms with Crippen molar-refractivity contribution in [3.8, 4) is 0 Å². The lowest BCUT2D eigenvalue weighted by atomic mass is 10.3. The maximum absolute atomic E-state index is 11.4. The van der Waals surface area contributed by atoms with E-state index in [1.54, 1.807) is 12.1 Å². The minimum atomic E-state index is -0.253. The van der Waals surface area contributed by atoms with Crippen molar-refractivity contribution >= 4 is 23.3 Å². The molecule has 0 bridgehead atoms. The van der Waals surface area contributed by atoms with E-state index in [9.17, 15) is 4.79 Å². The molecule has 4 nitrogen and oxygen atoms in total. The average molecular weight is 227 g/mol. The van der Waals surface area contributed by atoms with Crippen LogP contribution in [0.4, 0.5) is 10.5 Å². The van der Waals surface area contributed by atoms with Crippen LogP contribution in [0, 0.1) is 0 Å². The van der Waals surface area contributed by atoms with Gasteiger partial charge in [0, 0.05) is 0 Å². The second-order valence-corrected chi connectivity index (χ2v) is 3.72. The van der Waals surface area contributed by atoms with Gasteiger partial charge in [0.1, 0.15) is 0 Å². The van der Waals surface area contributed by atoms with Gasteiger partial charge in [-0.15, -0.1) is 0 Å². The van der Waals surface area contributed by atoms with Crippen LogP contribution in [0.1, 0.15) is 0 Å². The first kappa shape index (κ1) is 10.3. The molecular weight excluding hydrogens is 216 g/mol. The molecule has 80 valence electrons. The summed E-state index contributed by atoms with van der Waals surface area (Å²) in [6.07, 6.45) is 0. The number of hydrogen-bond donors (Lipinski definition) is 2. The number of hydrogen-bond acceptors (Lipinski definition) is 2. The van der Waals surface area contributed by atoms with Crippen LogP contribution in [-0.2, 0) is 4.74 Å². The average Bonchev–Trinajstić information content (AvgIpc) is 2.16. The van der Waals surface area contributed by atoms with Gasteiger partial charge in [-0.25, -0.2) is 4.79 Å². The van der Waals surface area contributed by atoms with Gasteiger partial charge in [-0.3, -0.25) is 0 Å². The van der Waals surface area contributed by atoms with E-state index in [2.05, 4.69) is 10.6 Å². The fourth-order valence-electron chi connectivity index (χ4n) is 1.23. The van der Waals surface area contributed by atoms with Gasteiger partial charge < -0.3 is 15.4 Å². The number of rotatable bonds is 2. The standard InChI is InChI=1S/C10H11ClN2O2/c11-8-3-1-2-4-9(8)13-10(14)12-7-5-15-6-7/h1-4,7H,5-6H2,(H2,12,13,14). The molecule has 1 aromatic rings. The number of anilines is 1. The molecule has 1 heterocycles. The molecule has 0 radical (unpaired) electrons. The van der Waals surface area contributed by atoms with Crippen molar-refractivity contribution < 1.29 is 9.53 Å². The number of carbonyl (C=O) groups is 1. The van der Waals surface area contributed by atoms with Crippen molar-refractivity contribution in [2.45, 2.75) is 6.04 Å². The number of ether oxygens (including phenoxy) is 1. The fraction of sp³-hybridized carbons (Fsp3) is 0.300. The summed E-state index contributed by atoms with van der Waals surface area (Å²) in [6, 6.07) is 6.96. The van der Waals surface area contributed by atoms with Gasteiger partial charge in [0.25, 0.3) is 0 Å². The third-order valence-corrected chi connectivity index (χ3v) is 2.42. The molecule has 1 aliphatic rings. The van der Waals surface area contributed by atoms with Gasteiger partial charge in [-0.05, 0) is 12.1 Å². The van der Waals surface area contributed by atoms with Crippen molar-refractivity contribution in [2.24, 2.45) is 0 Å². The molecule has 1 aliphatic heterocycles. The van der Waals surface area contributed by atoms with Gasteiger partial charge in [-0.2, -0.15) is 0 Å². The Hall–Kier alpha value is -1.26. The van der Waals surface area contributed by atoms with Crippen LogP contribution in [0.25, 0.3) is 0 Å². The lowest BCUT2D eigenvalue weighted by Gasteiger charge is -2.26. The normalized spacial score (nSPS) is 15.5. The Balaban J connectivity index is 1.90. The molecule has 1 fully saturated rings. The molecule has 2 amide bonds. The van der Waals surface area contributed by atoms with Gasteiger partial charge in [-0.1, -0.05) is 23.7 Å². The number of halogens is 1. The molecule has 2 N–H and O–H groups in total. The monoisotopic (exact) mass is 226 g/mol. The second-order valence-electron chi connectivity index (χ2n) is 3.31. The molecule has 0 atom stereocenters. The van der Waals surface area contributed by atoms with E-state index >= 15 is 0 Å². The minimum Gasteiger partial charge on any atom is -0.377 e. The molecule has 0 aromatic heterocycles. The largest absolute Gasteiger partial charge is 0.377 e. The molecule has 1 saturated heterocycles. The molecular formula is C10H11ClN2O2. The van der Waals surface area contributed by atoms with E-state index < -0.39 is 0 Å². The molecule has 1 aromatic carbocycles. The Kier molecular flexibility index (Phi) is 3.08. The van der Waals surface area contributed by atoms with Gasteiger partial charge in [0.2, 0.25) is 0 Å². The van der Waals surface area contributed by atoms with Crippen LogP contribution in [-0.4, -0.2) is 25.3 Å². The van der Waals surface area contributed by atoms with Gasteiger partial charge in [0.05, 0.1) is 30.0 Å². The summed E-state index contributed by atoms with van der Waals surface area (Å²) in [6.45, 7) is 1.16. The Morgan fingerprint density at radius 1 is 1.40 bits per heavy atom. The summed E-state index contributed by atoms with van der Waals surface area (Å²) in [5, 5.41) is 5.96. The lowest BCUT2D eigenvalue weighted by molar-refractivity contribution is 0.000735. The first-order chi connectivity index (χ1) is 7.25. The highest BCUT2D eigenvalue weighted by Crippen LogP contribution is 2.20. The highest BCUT2D eigenvalue weighted by atomic mass is 35.5. The first-order valence-corrected chi connectivity index (χ1v) is 5.03. The van der Waals surface area contributed by atoms with Crippen LogP contribution < -0.4 is 10.6 Å². The van der Waals surface area contributed by atoms with E-state index in [-0.39, 0.29) is 12.1 Å². The van der Waals surface area contributed by atoms with E-state index in [1.807, 2.05) is 12.1 Å². The van der Waals surface area contributed by atoms with Crippen LogP contribution in [0.3, 0.4) is 0 Å². The smallest absolute Gasteiger partial charge is 0.319 e. The SMILES string of the molecule is O=C(Nc1ccccc1Cl)NC1COC1. The second kappa shape index (κ2) is 4.51. The zero-order valence-corrected chi connectivity index (χ0v) is 8.75. The number of urea groups is 1. The number of benzene rings is 1. The fourth-order valence-corrected chi connectivity index (χ4v) is 1.41. The van der Waals surface area contributed by atoms with Crippen LogP contribution in [0.2, 0.25) is 5.02 Å². The summed E-state index contributed by atoms with van der Waals surface area (Å²) < 4.78 is 4.94. The predicted molar refractivity (Wildman–Crippen MR) is 58.2 cm³/mol. The number of nitrogens with one attached hydrogen (secondary N) is 2. The van der Waals surface area contributed by atoms with E-state index in [4.69, 9.17) is 16.3 Å². The summed E-state index contributed by atoms with van der Waals surface area (Å²) in [5.74, 6) is 0. The summed E-state index contributed by atoms with van der Waals surface area (Å²) in [4.78, 5) is 11.4. The number of amides is 2. The number of para-hydroxylation sites is 1. The minimum absolute atomic E-state index is 0.118. The summed E-state index contributed by atoms with van der Waals surface area (Å²) in [7, 11) is 0. The Bertz CT molecular complexity index is 366. The Labute approximate surface area is 92.6 Å². The molecule has 0 spiro atoms. The lowest BCUT2D eigenvalue weighted by Crippen LogP contribution is -2.49.